The van der Waals surface area contributed by atoms with Crippen LogP contribution < -0.4 is 0 Å². The van der Waals surface area contributed by atoms with E-state index < -0.39 is 9.84 Å². The summed E-state index contributed by atoms with van der Waals surface area (Å²) in [5.74, 6) is -0.653. The van der Waals surface area contributed by atoms with Gasteiger partial charge in [0.1, 0.15) is 5.82 Å². The number of rotatable bonds is 4. The van der Waals surface area contributed by atoms with Crippen LogP contribution in [0.1, 0.15) is 10.5 Å². The summed E-state index contributed by atoms with van der Waals surface area (Å²) in [5.41, 5.74) is 2.08. The fourth-order valence-electron chi connectivity index (χ4n) is 2.57. The maximum absolute atomic E-state index is 13.3. The van der Waals surface area contributed by atoms with Gasteiger partial charge in [-0.2, -0.15) is 5.10 Å². The van der Waals surface area contributed by atoms with Crippen LogP contribution in [0.4, 0.5) is 4.39 Å². The highest BCUT2D eigenvalue weighted by Gasteiger charge is 2.18. The zero-order valence-electron chi connectivity index (χ0n) is 15.0. The second kappa shape index (κ2) is 6.96. The fourth-order valence-corrected chi connectivity index (χ4v) is 3.20. The van der Waals surface area contributed by atoms with Crippen LogP contribution in [-0.4, -0.2) is 49.4 Å². The van der Waals surface area contributed by atoms with Crippen molar-refractivity contribution < 1.29 is 17.6 Å². The molecule has 0 bridgehead atoms. The lowest BCUT2D eigenvalue weighted by molar-refractivity contribution is 0.0821. The number of nitrogens with zero attached hydrogens (tertiary/aromatic N) is 3. The largest absolute Gasteiger partial charge is 0.343 e. The Labute approximate surface area is 156 Å². The van der Waals surface area contributed by atoms with Crippen LogP contribution in [0.3, 0.4) is 0 Å². The molecule has 3 aromatic rings. The lowest BCUT2D eigenvalue weighted by Crippen LogP contribution is -2.22. The van der Waals surface area contributed by atoms with Crippen molar-refractivity contribution in [3.8, 4) is 16.9 Å². The molecule has 0 aliphatic rings. The molecule has 0 unspecified atom stereocenters. The van der Waals surface area contributed by atoms with Crippen LogP contribution in [0.5, 0.6) is 0 Å². The molecule has 2 aromatic carbocycles. The van der Waals surface area contributed by atoms with E-state index in [1.54, 1.807) is 44.4 Å². The number of halogens is 1. The molecule has 8 heteroatoms. The standard InChI is InChI=1S/C19H18FN3O3S/c1-22(2)19(24)17-12-18(13-4-10-16(11-5-13)27(3,25)26)23(21-17)15-8-6-14(20)7-9-15/h4-12H,1-3H3. The van der Waals surface area contributed by atoms with Crippen LogP contribution in [0.15, 0.2) is 59.5 Å². The molecule has 1 heterocycles. The van der Waals surface area contributed by atoms with Crippen molar-refractivity contribution in [1.82, 2.24) is 14.7 Å². The second-order valence-corrected chi connectivity index (χ2v) is 8.31. The predicted octanol–water partition coefficient (Wildman–Crippen LogP) is 2.78. The van der Waals surface area contributed by atoms with Crippen molar-refractivity contribution in [3.05, 3.63) is 66.1 Å². The van der Waals surface area contributed by atoms with Crippen molar-refractivity contribution in [2.24, 2.45) is 0 Å². The molecule has 0 aliphatic carbocycles. The van der Waals surface area contributed by atoms with Crippen LogP contribution >= 0.6 is 0 Å². The number of benzene rings is 2. The topological polar surface area (TPSA) is 72.3 Å². The highest BCUT2D eigenvalue weighted by atomic mass is 32.2. The van der Waals surface area contributed by atoms with Crippen LogP contribution in [0, 0.1) is 5.82 Å². The first-order valence-corrected chi connectivity index (χ1v) is 9.94. The highest BCUT2D eigenvalue weighted by molar-refractivity contribution is 7.90. The summed E-state index contributed by atoms with van der Waals surface area (Å²) in [7, 11) is -0.0635. The van der Waals surface area contributed by atoms with E-state index in [0.717, 1.165) is 6.26 Å². The third-order valence-corrected chi connectivity index (χ3v) is 5.11. The first-order valence-electron chi connectivity index (χ1n) is 8.05. The third kappa shape index (κ3) is 3.90. The molecular weight excluding hydrogens is 369 g/mol. The van der Waals surface area contributed by atoms with E-state index in [-0.39, 0.29) is 22.3 Å². The Balaban J connectivity index is 2.15. The van der Waals surface area contributed by atoms with Crippen LogP contribution in [0.25, 0.3) is 16.9 Å². The van der Waals surface area contributed by atoms with Gasteiger partial charge in [-0.3, -0.25) is 4.79 Å². The summed E-state index contributed by atoms with van der Waals surface area (Å²) in [6, 6.07) is 13.7. The molecular formula is C19H18FN3O3S. The lowest BCUT2D eigenvalue weighted by atomic mass is 10.1. The summed E-state index contributed by atoms with van der Waals surface area (Å²) < 4.78 is 38.1. The average molecular weight is 387 g/mol. The Morgan fingerprint density at radius 2 is 1.63 bits per heavy atom. The van der Waals surface area contributed by atoms with E-state index in [4.69, 9.17) is 0 Å². The molecule has 0 N–H and O–H groups in total. The van der Waals surface area contributed by atoms with Gasteiger partial charge < -0.3 is 4.90 Å². The fraction of sp³-hybridized carbons (Fsp3) is 0.158. The van der Waals surface area contributed by atoms with E-state index in [9.17, 15) is 17.6 Å². The Hall–Kier alpha value is -3.00. The molecule has 27 heavy (non-hydrogen) atoms. The number of sulfone groups is 1. The first-order chi connectivity index (χ1) is 12.7. The quantitative estimate of drug-likeness (QED) is 0.690. The highest BCUT2D eigenvalue weighted by Crippen LogP contribution is 2.26. The van der Waals surface area contributed by atoms with Crippen molar-refractivity contribution in [1.29, 1.82) is 0 Å². The van der Waals surface area contributed by atoms with Crippen LogP contribution in [0.2, 0.25) is 0 Å². The molecule has 0 aliphatic heterocycles. The molecule has 0 saturated carbocycles. The summed E-state index contributed by atoms with van der Waals surface area (Å²) in [5, 5.41) is 4.36. The Morgan fingerprint density at radius 1 is 1.04 bits per heavy atom. The minimum absolute atomic E-state index is 0.198. The smallest absolute Gasteiger partial charge is 0.273 e. The van der Waals surface area contributed by atoms with E-state index in [1.807, 2.05) is 0 Å². The number of hydrogen-bond acceptors (Lipinski definition) is 4. The summed E-state index contributed by atoms with van der Waals surface area (Å²) >= 11 is 0. The minimum atomic E-state index is -3.31. The monoisotopic (exact) mass is 387 g/mol. The minimum Gasteiger partial charge on any atom is -0.343 e. The maximum atomic E-state index is 13.3. The van der Waals surface area contributed by atoms with Crippen molar-refractivity contribution in [2.45, 2.75) is 4.90 Å². The number of amides is 1. The molecule has 0 fully saturated rings. The van der Waals surface area contributed by atoms with Gasteiger partial charge in [-0.05, 0) is 42.5 Å². The van der Waals surface area contributed by atoms with Gasteiger partial charge in [-0.1, -0.05) is 12.1 Å². The Morgan fingerprint density at radius 3 is 2.15 bits per heavy atom. The SMILES string of the molecule is CN(C)C(=O)c1cc(-c2ccc(S(C)(=O)=O)cc2)n(-c2ccc(F)cc2)n1. The summed E-state index contributed by atoms with van der Waals surface area (Å²) in [4.78, 5) is 13.9. The maximum Gasteiger partial charge on any atom is 0.273 e. The molecule has 0 atom stereocenters. The van der Waals surface area contributed by atoms with E-state index >= 15 is 0 Å². The van der Waals surface area contributed by atoms with Gasteiger partial charge in [-0.25, -0.2) is 17.5 Å². The third-order valence-electron chi connectivity index (χ3n) is 3.98. The van der Waals surface area contributed by atoms with Gasteiger partial charge in [0.25, 0.3) is 5.91 Å². The van der Waals surface area contributed by atoms with Gasteiger partial charge in [0, 0.05) is 25.9 Å². The molecule has 0 saturated heterocycles. The zero-order chi connectivity index (χ0) is 19.8. The van der Waals surface area contributed by atoms with Crippen molar-refractivity contribution in [2.75, 3.05) is 20.4 Å². The Bertz CT molecular complexity index is 1090. The van der Waals surface area contributed by atoms with Crippen molar-refractivity contribution >= 4 is 15.7 Å². The number of carbonyl (C=O) groups is 1. The number of carbonyl (C=O) groups excluding carboxylic acids is 1. The number of hydrogen-bond donors (Lipinski definition) is 0. The first kappa shape index (κ1) is 18.8. The van der Waals surface area contributed by atoms with Gasteiger partial charge in [-0.15, -0.1) is 0 Å². The zero-order valence-corrected chi connectivity index (χ0v) is 15.9. The van der Waals surface area contributed by atoms with Crippen molar-refractivity contribution in [3.63, 3.8) is 0 Å². The Kier molecular flexibility index (Phi) is 4.84. The molecule has 6 nitrogen and oxygen atoms in total. The van der Waals surface area contributed by atoms with Gasteiger partial charge in [0.2, 0.25) is 0 Å². The summed E-state index contributed by atoms with van der Waals surface area (Å²) in [6.07, 6.45) is 1.14. The second-order valence-electron chi connectivity index (χ2n) is 6.30. The van der Waals surface area contributed by atoms with E-state index in [1.165, 1.54) is 33.8 Å². The predicted molar refractivity (Wildman–Crippen MR) is 100 cm³/mol. The molecule has 3 rings (SSSR count). The molecule has 0 spiro atoms. The summed E-state index contributed by atoms with van der Waals surface area (Å²) in [6.45, 7) is 0. The normalized spacial score (nSPS) is 11.4. The molecule has 1 amide bonds. The van der Waals surface area contributed by atoms with E-state index in [0.29, 0.717) is 16.9 Å². The van der Waals surface area contributed by atoms with Crippen LogP contribution in [-0.2, 0) is 9.84 Å². The lowest BCUT2D eigenvalue weighted by Gasteiger charge is -2.08. The molecule has 0 radical (unpaired) electrons. The van der Waals surface area contributed by atoms with Gasteiger partial charge in [0.05, 0.1) is 16.3 Å². The molecule has 140 valence electrons. The van der Waals surface area contributed by atoms with Gasteiger partial charge in [0.15, 0.2) is 15.5 Å². The number of aromatic nitrogens is 2. The average Bonchev–Trinajstić information content (AvgIpc) is 3.06. The van der Waals surface area contributed by atoms with E-state index in [2.05, 4.69) is 5.10 Å². The molecule has 1 aromatic heterocycles. The van der Waals surface area contributed by atoms with Gasteiger partial charge >= 0.3 is 0 Å².